The molecule has 2 aliphatic heterocycles. The number of amides is 1. The Morgan fingerprint density at radius 1 is 1.21 bits per heavy atom. The van der Waals surface area contributed by atoms with E-state index in [1.54, 1.807) is 0 Å². The van der Waals surface area contributed by atoms with Gasteiger partial charge in [0.1, 0.15) is 17.4 Å². The number of carbonyl (C=O) groups excluding carboxylic acids is 1. The molecule has 1 aliphatic carbocycles. The maximum absolute atomic E-state index is 12.8. The van der Waals surface area contributed by atoms with Crippen LogP contribution in [0.1, 0.15) is 81.1 Å². The Bertz CT molecular complexity index is 1310. The van der Waals surface area contributed by atoms with Crippen molar-refractivity contribution in [3.8, 4) is 6.07 Å². The van der Waals surface area contributed by atoms with Gasteiger partial charge in [0.05, 0.1) is 28.9 Å². The van der Waals surface area contributed by atoms with Crippen LogP contribution >= 0.6 is 0 Å². The SMILES string of the molecule is CC1(C)CC=C(c2nc(C3=C[C@@]4(C)C=C[C@@](C)(C3)O4)ccc2NC(=O)c2ncc(C#N)[nH]2)CC1. The van der Waals surface area contributed by atoms with Gasteiger partial charge in [0.15, 0.2) is 5.82 Å². The second kappa shape index (κ2) is 7.78. The molecule has 2 bridgehead atoms. The maximum Gasteiger partial charge on any atom is 0.291 e. The largest absolute Gasteiger partial charge is 0.356 e. The van der Waals surface area contributed by atoms with Gasteiger partial charge in [-0.2, -0.15) is 5.26 Å². The van der Waals surface area contributed by atoms with Crippen LogP contribution in [-0.2, 0) is 4.74 Å². The van der Waals surface area contributed by atoms with Crippen LogP contribution in [0, 0.1) is 16.7 Å². The Hall–Kier alpha value is -3.50. The highest BCUT2D eigenvalue weighted by Crippen LogP contribution is 2.45. The summed E-state index contributed by atoms with van der Waals surface area (Å²) in [6.45, 7) is 8.71. The lowest BCUT2D eigenvalue weighted by atomic mass is 9.77. The molecule has 1 amide bonds. The highest BCUT2D eigenvalue weighted by Gasteiger charge is 2.42. The number of pyridine rings is 1. The van der Waals surface area contributed by atoms with E-state index in [1.807, 2.05) is 18.2 Å². The van der Waals surface area contributed by atoms with Gasteiger partial charge in [-0.1, -0.05) is 32.1 Å². The Kier molecular flexibility index (Phi) is 5.10. The van der Waals surface area contributed by atoms with Gasteiger partial charge < -0.3 is 15.0 Å². The fourth-order valence-electron chi connectivity index (χ4n) is 4.97. The topological polar surface area (TPSA) is 104 Å². The molecule has 2 N–H and O–H groups in total. The van der Waals surface area contributed by atoms with Crippen molar-refractivity contribution in [2.75, 3.05) is 5.32 Å². The van der Waals surface area contributed by atoms with Crippen LogP contribution in [0.25, 0.3) is 11.1 Å². The van der Waals surface area contributed by atoms with E-state index >= 15 is 0 Å². The lowest BCUT2D eigenvalue weighted by Gasteiger charge is -2.35. The molecule has 0 radical (unpaired) electrons. The van der Waals surface area contributed by atoms with Crippen molar-refractivity contribution in [2.24, 2.45) is 5.41 Å². The minimum absolute atomic E-state index is 0.0981. The first-order chi connectivity index (χ1) is 16.1. The average molecular weight is 456 g/mol. The number of hydrogen-bond acceptors (Lipinski definition) is 5. The number of fused-ring (bicyclic) bond motifs is 2. The molecule has 4 heterocycles. The number of allylic oxidation sites excluding steroid dienone is 2. The van der Waals surface area contributed by atoms with Crippen LogP contribution in [-0.4, -0.2) is 32.1 Å². The average Bonchev–Trinajstić information content (AvgIpc) is 3.35. The van der Waals surface area contributed by atoms with Crippen molar-refractivity contribution in [2.45, 2.75) is 64.6 Å². The summed E-state index contributed by atoms with van der Waals surface area (Å²) in [5.74, 6) is -0.303. The van der Waals surface area contributed by atoms with Gasteiger partial charge in [0, 0.05) is 6.42 Å². The number of anilines is 1. The quantitative estimate of drug-likeness (QED) is 0.600. The molecular formula is C27H29N5O2. The van der Waals surface area contributed by atoms with E-state index in [0.717, 1.165) is 48.2 Å². The Balaban J connectivity index is 1.52. The maximum atomic E-state index is 12.8. The lowest BCUT2D eigenvalue weighted by Crippen LogP contribution is -2.35. The number of hydrogen-bond donors (Lipinski definition) is 2. The van der Waals surface area contributed by atoms with E-state index < -0.39 is 11.5 Å². The number of ether oxygens (including phenoxy) is 1. The molecule has 174 valence electrons. The van der Waals surface area contributed by atoms with Gasteiger partial charge in [0.25, 0.3) is 5.91 Å². The zero-order valence-electron chi connectivity index (χ0n) is 20.0. The molecule has 0 aromatic carbocycles. The van der Waals surface area contributed by atoms with E-state index in [1.165, 1.54) is 6.20 Å². The minimum Gasteiger partial charge on any atom is -0.356 e. The molecule has 0 unspecified atom stereocenters. The minimum atomic E-state index is -0.428. The molecule has 2 aromatic rings. The van der Waals surface area contributed by atoms with Gasteiger partial charge in [0.2, 0.25) is 0 Å². The highest BCUT2D eigenvalue weighted by molar-refractivity contribution is 6.03. The van der Waals surface area contributed by atoms with Gasteiger partial charge in [-0.3, -0.25) is 4.79 Å². The molecule has 34 heavy (non-hydrogen) atoms. The Morgan fingerprint density at radius 3 is 2.71 bits per heavy atom. The zero-order chi connectivity index (χ0) is 24.1. The fourth-order valence-corrected chi connectivity index (χ4v) is 4.97. The summed E-state index contributed by atoms with van der Waals surface area (Å²) in [6.07, 6.45) is 13.6. The fraction of sp³-hybridized carbons (Fsp3) is 0.407. The van der Waals surface area contributed by atoms with Crippen LogP contribution in [0.5, 0.6) is 0 Å². The van der Waals surface area contributed by atoms with Gasteiger partial charge in [-0.25, -0.2) is 9.97 Å². The van der Waals surface area contributed by atoms with Crippen LogP contribution in [0.3, 0.4) is 0 Å². The number of aromatic amines is 1. The number of nitrogens with zero attached hydrogens (tertiary/aromatic N) is 3. The van der Waals surface area contributed by atoms with Crippen molar-refractivity contribution < 1.29 is 9.53 Å². The summed E-state index contributed by atoms with van der Waals surface area (Å²) in [4.78, 5) is 24.7. The van der Waals surface area contributed by atoms with E-state index in [0.29, 0.717) is 5.69 Å². The van der Waals surface area contributed by atoms with E-state index in [9.17, 15) is 4.79 Å². The van der Waals surface area contributed by atoms with Crippen LogP contribution in [0.15, 0.2) is 42.6 Å². The molecule has 7 heteroatoms. The Morgan fingerprint density at radius 2 is 2.03 bits per heavy atom. The first kappa shape index (κ1) is 22.3. The normalized spacial score (nSPS) is 27.0. The number of nitriles is 1. The molecule has 3 aliphatic rings. The zero-order valence-corrected chi connectivity index (χ0v) is 20.0. The summed E-state index contributed by atoms with van der Waals surface area (Å²) in [7, 11) is 0. The van der Waals surface area contributed by atoms with Crippen LogP contribution in [0.4, 0.5) is 5.69 Å². The van der Waals surface area contributed by atoms with Crippen molar-refractivity contribution in [1.82, 2.24) is 15.0 Å². The van der Waals surface area contributed by atoms with Crippen molar-refractivity contribution >= 4 is 22.7 Å². The van der Waals surface area contributed by atoms with Crippen LogP contribution < -0.4 is 5.32 Å². The molecular weight excluding hydrogens is 426 g/mol. The van der Waals surface area contributed by atoms with Crippen LogP contribution in [0.2, 0.25) is 0 Å². The van der Waals surface area contributed by atoms with E-state index in [4.69, 9.17) is 15.0 Å². The summed E-state index contributed by atoms with van der Waals surface area (Å²) in [6, 6.07) is 5.83. The number of H-pyrrole nitrogens is 1. The molecule has 2 atom stereocenters. The first-order valence-electron chi connectivity index (χ1n) is 11.7. The number of aromatic nitrogens is 3. The summed E-state index contributed by atoms with van der Waals surface area (Å²) in [5, 5.41) is 12.0. The number of rotatable bonds is 4. The van der Waals surface area contributed by atoms with Crippen molar-refractivity contribution in [1.29, 1.82) is 5.26 Å². The Labute approximate surface area is 199 Å². The third kappa shape index (κ3) is 4.22. The predicted molar refractivity (Wildman–Crippen MR) is 131 cm³/mol. The predicted octanol–water partition coefficient (Wildman–Crippen LogP) is 5.41. The molecule has 5 rings (SSSR count). The molecule has 2 aromatic heterocycles. The number of imidazole rings is 1. The van der Waals surface area contributed by atoms with E-state index in [2.05, 4.69) is 67.3 Å². The van der Waals surface area contributed by atoms with Gasteiger partial charge >= 0.3 is 0 Å². The second-order valence-electron chi connectivity index (χ2n) is 10.7. The summed E-state index contributed by atoms with van der Waals surface area (Å²) in [5.41, 5.74) is 4.34. The molecule has 0 spiro atoms. The molecule has 0 saturated heterocycles. The molecule has 0 fully saturated rings. The standard InChI is InChI=1S/C27H29N5O2/c1-25(2)9-7-17(8-10-25)22-21(32-24(33)23-29-16-19(15-28)30-23)6-5-20(31-22)18-13-26(3)11-12-27(4,14-18)34-26/h5-7,11-13,16H,8-10,14H2,1-4H3,(H,29,30)(H,32,33)/t26-,27+/m1/s1. The monoisotopic (exact) mass is 455 g/mol. The highest BCUT2D eigenvalue weighted by atomic mass is 16.5. The second-order valence-corrected chi connectivity index (χ2v) is 10.7. The smallest absolute Gasteiger partial charge is 0.291 e. The van der Waals surface area contributed by atoms with Crippen molar-refractivity contribution in [3.05, 3.63) is 65.5 Å². The number of nitrogens with one attached hydrogen (secondary N) is 2. The lowest BCUT2D eigenvalue weighted by molar-refractivity contribution is -0.0473. The third-order valence-corrected chi connectivity index (χ3v) is 6.88. The van der Waals surface area contributed by atoms with Gasteiger partial charge in [-0.15, -0.1) is 0 Å². The first-order valence-corrected chi connectivity index (χ1v) is 11.7. The summed E-state index contributed by atoms with van der Waals surface area (Å²) >= 11 is 0. The molecule has 0 saturated carbocycles. The van der Waals surface area contributed by atoms with Crippen molar-refractivity contribution in [3.63, 3.8) is 0 Å². The molecule has 7 nitrogen and oxygen atoms in total. The number of carbonyl (C=O) groups is 1. The summed E-state index contributed by atoms with van der Waals surface area (Å²) < 4.78 is 6.21. The van der Waals surface area contributed by atoms with E-state index in [-0.39, 0.29) is 22.5 Å². The van der Waals surface area contributed by atoms with Gasteiger partial charge in [-0.05, 0) is 67.9 Å². The third-order valence-electron chi connectivity index (χ3n) is 6.88.